The first-order chi connectivity index (χ1) is 10.1. The fourth-order valence-electron chi connectivity index (χ4n) is 2.51. The van der Waals surface area contributed by atoms with Crippen LogP contribution >= 0.6 is 11.3 Å². The van der Waals surface area contributed by atoms with Crippen molar-refractivity contribution in [2.45, 2.75) is 58.4 Å². The molecule has 116 valence electrons. The first kappa shape index (κ1) is 16.0. The number of aryl methyl sites for hydroxylation is 2. The molecule has 1 aromatic heterocycles. The van der Waals surface area contributed by atoms with Crippen LogP contribution in [0.3, 0.4) is 0 Å². The number of hydrogen-bond acceptors (Lipinski definition) is 4. The Kier molecular flexibility index (Phi) is 5.79. The summed E-state index contributed by atoms with van der Waals surface area (Å²) in [4.78, 5) is 25.5. The summed E-state index contributed by atoms with van der Waals surface area (Å²) in [6, 6.07) is 2.01. The van der Waals surface area contributed by atoms with E-state index in [0.717, 1.165) is 12.8 Å². The van der Waals surface area contributed by atoms with Gasteiger partial charge in [-0.25, -0.2) is 4.79 Å². The summed E-state index contributed by atoms with van der Waals surface area (Å²) in [6.45, 7) is 3.54. The van der Waals surface area contributed by atoms with Crippen molar-refractivity contribution in [1.82, 2.24) is 5.32 Å². The average molecular weight is 309 g/mol. The Morgan fingerprint density at radius 3 is 2.67 bits per heavy atom. The SMILES string of the molecule is CC(C)NC(=O)COC(=O)c1cc2c(s1)CCCCCC2. The van der Waals surface area contributed by atoms with Gasteiger partial charge in [-0.3, -0.25) is 4.79 Å². The van der Waals surface area contributed by atoms with Gasteiger partial charge in [0.05, 0.1) is 0 Å². The fourth-order valence-corrected chi connectivity index (χ4v) is 3.66. The quantitative estimate of drug-likeness (QED) is 0.870. The lowest BCUT2D eigenvalue weighted by molar-refractivity contribution is -0.124. The third-order valence-corrected chi connectivity index (χ3v) is 4.70. The van der Waals surface area contributed by atoms with E-state index in [-0.39, 0.29) is 24.5 Å². The molecule has 0 aromatic carbocycles. The number of ether oxygens (including phenoxy) is 1. The zero-order valence-corrected chi connectivity index (χ0v) is 13.6. The molecule has 0 aliphatic heterocycles. The maximum absolute atomic E-state index is 12.0. The van der Waals surface area contributed by atoms with E-state index in [2.05, 4.69) is 5.32 Å². The number of hydrogen-bond donors (Lipinski definition) is 1. The van der Waals surface area contributed by atoms with Crippen molar-refractivity contribution in [3.8, 4) is 0 Å². The van der Waals surface area contributed by atoms with Crippen LogP contribution in [0.1, 0.15) is 59.6 Å². The Morgan fingerprint density at radius 1 is 1.24 bits per heavy atom. The number of thiophene rings is 1. The molecule has 0 unspecified atom stereocenters. The van der Waals surface area contributed by atoms with Crippen LogP contribution in [-0.4, -0.2) is 24.5 Å². The zero-order chi connectivity index (χ0) is 15.2. The van der Waals surface area contributed by atoms with Gasteiger partial charge in [0, 0.05) is 10.9 Å². The van der Waals surface area contributed by atoms with Crippen LogP contribution in [0.25, 0.3) is 0 Å². The highest BCUT2D eigenvalue weighted by Crippen LogP contribution is 2.28. The number of amides is 1. The molecule has 1 N–H and O–H groups in total. The van der Waals surface area contributed by atoms with Gasteiger partial charge in [0.2, 0.25) is 0 Å². The van der Waals surface area contributed by atoms with Gasteiger partial charge >= 0.3 is 5.97 Å². The van der Waals surface area contributed by atoms with Crippen molar-refractivity contribution in [1.29, 1.82) is 0 Å². The van der Waals surface area contributed by atoms with Crippen LogP contribution < -0.4 is 5.32 Å². The minimum atomic E-state index is -0.384. The van der Waals surface area contributed by atoms with Crippen molar-refractivity contribution in [2.24, 2.45) is 0 Å². The molecule has 0 bridgehead atoms. The summed E-state index contributed by atoms with van der Waals surface area (Å²) in [5.41, 5.74) is 1.29. The molecule has 5 heteroatoms. The summed E-state index contributed by atoms with van der Waals surface area (Å²) < 4.78 is 5.09. The van der Waals surface area contributed by atoms with Gasteiger partial charge in [0.25, 0.3) is 5.91 Å². The standard InChI is InChI=1S/C16H23NO3S/c1-11(2)17-15(18)10-20-16(19)14-9-12-7-5-3-4-6-8-13(12)21-14/h9,11H,3-8,10H2,1-2H3,(H,17,18). The zero-order valence-electron chi connectivity index (χ0n) is 12.7. The first-order valence-corrected chi connectivity index (χ1v) is 8.46. The van der Waals surface area contributed by atoms with E-state index in [0.29, 0.717) is 4.88 Å². The molecule has 0 spiro atoms. The summed E-state index contributed by atoms with van der Waals surface area (Å²) in [5, 5.41) is 2.70. The Balaban J connectivity index is 1.93. The largest absolute Gasteiger partial charge is 0.451 e. The van der Waals surface area contributed by atoms with E-state index in [9.17, 15) is 9.59 Å². The van der Waals surface area contributed by atoms with Crippen LogP contribution in [0.4, 0.5) is 0 Å². The molecule has 0 saturated carbocycles. The van der Waals surface area contributed by atoms with Crippen LogP contribution in [0.15, 0.2) is 6.07 Å². The van der Waals surface area contributed by atoms with E-state index in [4.69, 9.17) is 4.74 Å². The molecular formula is C16H23NO3S. The summed E-state index contributed by atoms with van der Waals surface area (Å²) >= 11 is 1.53. The predicted molar refractivity (Wildman–Crippen MR) is 83.8 cm³/mol. The average Bonchev–Trinajstić information content (AvgIpc) is 2.78. The number of nitrogens with one attached hydrogen (secondary N) is 1. The normalized spacial score (nSPS) is 15.0. The molecular weight excluding hydrogens is 286 g/mol. The van der Waals surface area contributed by atoms with Gasteiger partial charge in [-0.1, -0.05) is 12.8 Å². The third kappa shape index (κ3) is 4.84. The van der Waals surface area contributed by atoms with Gasteiger partial charge in [-0.15, -0.1) is 11.3 Å². The highest BCUT2D eigenvalue weighted by atomic mass is 32.1. The Morgan fingerprint density at radius 2 is 1.95 bits per heavy atom. The second kappa shape index (κ2) is 7.59. The van der Waals surface area contributed by atoms with Gasteiger partial charge in [-0.05, 0) is 51.2 Å². The molecule has 21 heavy (non-hydrogen) atoms. The highest BCUT2D eigenvalue weighted by Gasteiger charge is 2.17. The van der Waals surface area contributed by atoms with Gasteiger partial charge in [0.1, 0.15) is 4.88 Å². The molecule has 4 nitrogen and oxygen atoms in total. The Hall–Kier alpha value is -1.36. The number of carbonyl (C=O) groups is 2. The molecule has 2 rings (SSSR count). The van der Waals surface area contributed by atoms with Crippen molar-refractivity contribution in [2.75, 3.05) is 6.61 Å². The minimum Gasteiger partial charge on any atom is -0.451 e. The summed E-state index contributed by atoms with van der Waals surface area (Å²) in [6.07, 6.45) is 7.03. The first-order valence-electron chi connectivity index (χ1n) is 7.64. The van der Waals surface area contributed by atoms with Gasteiger partial charge < -0.3 is 10.1 Å². The Labute approximate surface area is 129 Å². The van der Waals surface area contributed by atoms with Crippen molar-refractivity contribution in [3.05, 3.63) is 21.4 Å². The summed E-state index contributed by atoms with van der Waals surface area (Å²) in [5.74, 6) is -0.640. The molecule has 1 aliphatic carbocycles. The molecule has 0 atom stereocenters. The van der Waals surface area contributed by atoms with E-state index < -0.39 is 0 Å². The molecule has 1 aliphatic rings. The molecule has 0 radical (unpaired) electrons. The Bertz CT molecular complexity index is 482. The number of fused-ring (bicyclic) bond motifs is 1. The van der Waals surface area contributed by atoms with Crippen LogP contribution in [0, 0.1) is 0 Å². The molecule has 0 saturated heterocycles. The number of esters is 1. The summed E-state index contributed by atoms with van der Waals surface area (Å²) in [7, 11) is 0. The van der Waals surface area contributed by atoms with Gasteiger partial charge in [-0.2, -0.15) is 0 Å². The second-order valence-electron chi connectivity index (χ2n) is 5.77. The second-order valence-corrected chi connectivity index (χ2v) is 6.91. The monoisotopic (exact) mass is 309 g/mol. The maximum atomic E-state index is 12.0. The lowest BCUT2D eigenvalue weighted by atomic mass is 10.00. The van der Waals surface area contributed by atoms with Crippen LogP contribution in [0.5, 0.6) is 0 Å². The lowest BCUT2D eigenvalue weighted by Crippen LogP contribution is -2.33. The third-order valence-electron chi connectivity index (χ3n) is 3.48. The smallest absolute Gasteiger partial charge is 0.348 e. The van der Waals surface area contributed by atoms with E-state index in [1.807, 2.05) is 19.9 Å². The van der Waals surface area contributed by atoms with E-state index >= 15 is 0 Å². The predicted octanol–water partition coefficient (Wildman–Crippen LogP) is 3.09. The highest BCUT2D eigenvalue weighted by molar-refractivity contribution is 7.14. The van der Waals surface area contributed by atoms with Crippen molar-refractivity contribution < 1.29 is 14.3 Å². The fraction of sp³-hybridized carbons (Fsp3) is 0.625. The molecule has 1 heterocycles. The maximum Gasteiger partial charge on any atom is 0.348 e. The number of rotatable bonds is 4. The van der Waals surface area contributed by atoms with Crippen LogP contribution in [-0.2, 0) is 22.4 Å². The van der Waals surface area contributed by atoms with E-state index in [1.54, 1.807) is 0 Å². The van der Waals surface area contributed by atoms with Crippen molar-refractivity contribution in [3.63, 3.8) is 0 Å². The molecule has 1 amide bonds. The van der Waals surface area contributed by atoms with E-state index in [1.165, 1.54) is 47.5 Å². The van der Waals surface area contributed by atoms with Crippen molar-refractivity contribution >= 4 is 23.2 Å². The lowest BCUT2D eigenvalue weighted by Gasteiger charge is -2.08. The number of carbonyl (C=O) groups excluding carboxylic acids is 2. The van der Waals surface area contributed by atoms with Crippen LogP contribution in [0.2, 0.25) is 0 Å². The molecule has 0 fully saturated rings. The van der Waals surface area contributed by atoms with Gasteiger partial charge in [0.15, 0.2) is 6.61 Å². The minimum absolute atomic E-state index is 0.0535. The topological polar surface area (TPSA) is 55.4 Å². The molecule has 1 aromatic rings.